The van der Waals surface area contributed by atoms with E-state index in [0.29, 0.717) is 50.2 Å². The molecular formula is C19H25ClFN3O2. The van der Waals surface area contributed by atoms with Crippen molar-refractivity contribution in [3.8, 4) is 0 Å². The summed E-state index contributed by atoms with van der Waals surface area (Å²) in [5, 5.41) is 3.44. The Hall–Kier alpha value is -1.66. The molecule has 0 spiro atoms. The number of nitrogens with one attached hydrogen (secondary N) is 1. The highest BCUT2D eigenvalue weighted by Crippen LogP contribution is 2.19. The molecule has 2 fully saturated rings. The summed E-state index contributed by atoms with van der Waals surface area (Å²) in [4.78, 5) is 28.3. The summed E-state index contributed by atoms with van der Waals surface area (Å²) in [5.74, 6) is -0.773. The van der Waals surface area contributed by atoms with Crippen LogP contribution in [0.25, 0.3) is 0 Å². The van der Waals surface area contributed by atoms with Gasteiger partial charge < -0.3 is 10.2 Å². The van der Waals surface area contributed by atoms with Crippen LogP contribution >= 0.6 is 11.6 Å². The van der Waals surface area contributed by atoms with Crippen LogP contribution < -0.4 is 5.32 Å². The lowest BCUT2D eigenvalue weighted by atomic mass is 10.1. The topological polar surface area (TPSA) is 52.7 Å². The van der Waals surface area contributed by atoms with Gasteiger partial charge in [-0.3, -0.25) is 14.5 Å². The Bertz CT molecular complexity index is 656. The van der Waals surface area contributed by atoms with Gasteiger partial charge in [-0.05, 0) is 31.0 Å². The molecule has 26 heavy (non-hydrogen) atoms. The van der Waals surface area contributed by atoms with Gasteiger partial charge in [-0.25, -0.2) is 4.39 Å². The molecular weight excluding hydrogens is 357 g/mol. The monoisotopic (exact) mass is 381 g/mol. The Morgan fingerprint density at radius 3 is 2.54 bits per heavy atom. The van der Waals surface area contributed by atoms with Crippen LogP contribution in [-0.4, -0.2) is 60.4 Å². The van der Waals surface area contributed by atoms with Gasteiger partial charge in [0.05, 0.1) is 5.56 Å². The zero-order valence-electron chi connectivity index (χ0n) is 14.8. The molecule has 2 aliphatic rings. The van der Waals surface area contributed by atoms with Gasteiger partial charge in [0, 0.05) is 50.2 Å². The van der Waals surface area contributed by atoms with Gasteiger partial charge in [0.15, 0.2) is 0 Å². The third-order valence-corrected chi connectivity index (χ3v) is 5.43. The molecule has 1 aliphatic carbocycles. The molecule has 142 valence electrons. The van der Waals surface area contributed by atoms with Crippen LogP contribution in [0.5, 0.6) is 0 Å². The Morgan fingerprint density at radius 2 is 1.85 bits per heavy atom. The maximum Gasteiger partial charge on any atom is 0.256 e. The van der Waals surface area contributed by atoms with Crippen molar-refractivity contribution in [2.45, 2.75) is 38.1 Å². The van der Waals surface area contributed by atoms with Gasteiger partial charge >= 0.3 is 0 Å². The van der Waals surface area contributed by atoms with Crippen LogP contribution in [-0.2, 0) is 4.79 Å². The van der Waals surface area contributed by atoms with Crippen molar-refractivity contribution in [2.75, 3.05) is 32.7 Å². The number of rotatable bonds is 5. The number of nitrogens with zero attached hydrogens (tertiary/aromatic N) is 2. The highest BCUT2D eigenvalue weighted by Gasteiger charge is 2.25. The maximum absolute atomic E-state index is 13.9. The molecule has 1 heterocycles. The number of carbonyl (C=O) groups excluding carboxylic acids is 2. The van der Waals surface area contributed by atoms with Crippen molar-refractivity contribution in [3.05, 3.63) is 34.6 Å². The summed E-state index contributed by atoms with van der Waals surface area (Å²) in [6.45, 7) is 3.10. The molecule has 1 aromatic carbocycles. The minimum absolute atomic E-state index is 0.0156. The van der Waals surface area contributed by atoms with E-state index < -0.39 is 5.82 Å². The van der Waals surface area contributed by atoms with Crippen LogP contribution in [0.1, 0.15) is 42.5 Å². The molecule has 0 unspecified atom stereocenters. The van der Waals surface area contributed by atoms with Crippen LogP contribution in [0.4, 0.5) is 4.39 Å². The van der Waals surface area contributed by atoms with Crippen LogP contribution in [0, 0.1) is 5.82 Å². The summed E-state index contributed by atoms with van der Waals surface area (Å²) >= 11 is 5.87. The number of hydrogen-bond donors (Lipinski definition) is 1. The lowest BCUT2D eigenvalue weighted by Crippen LogP contribution is -2.49. The lowest BCUT2D eigenvalue weighted by Gasteiger charge is -2.34. The molecule has 1 saturated heterocycles. The van der Waals surface area contributed by atoms with E-state index in [9.17, 15) is 14.0 Å². The standard InChI is InChI=1S/C19H25ClFN3O2/c20-14-5-6-17(21)16(13-14)19(26)24-11-9-23(10-12-24)8-7-18(25)22-15-3-1-2-4-15/h5-6,13,15H,1-4,7-12H2,(H,22,25). The number of hydrogen-bond acceptors (Lipinski definition) is 3. The first-order chi connectivity index (χ1) is 12.5. The van der Waals surface area contributed by atoms with Crippen molar-refractivity contribution in [1.82, 2.24) is 15.1 Å². The Balaban J connectivity index is 1.43. The smallest absolute Gasteiger partial charge is 0.256 e. The van der Waals surface area contributed by atoms with Gasteiger partial charge in [-0.2, -0.15) is 0 Å². The number of piperazine rings is 1. The first kappa shape index (κ1) is 19.1. The Morgan fingerprint density at radius 1 is 1.15 bits per heavy atom. The zero-order chi connectivity index (χ0) is 18.5. The van der Waals surface area contributed by atoms with Crippen LogP contribution in [0.15, 0.2) is 18.2 Å². The predicted octanol–water partition coefficient (Wildman–Crippen LogP) is 2.69. The Labute approximate surface area is 158 Å². The third-order valence-electron chi connectivity index (χ3n) is 5.19. The first-order valence-electron chi connectivity index (χ1n) is 9.29. The molecule has 0 atom stereocenters. The van der Waals surface area contributed by atoms with Crippen molar-refractivity contribution in [2.24, 2.45) is 0 Å². The van der Waals surface area contributed by atoms with E-state index in [1.54, 1.807) is 4.90 Å². The first-order valence-corrected chi connectivity index (χ1v) is 9.67. The van der Waals surface area contributed by atoms with E-state index >= 15 is 0 Å². The highest BCUT2D eigenvalue weighted by molar-refractivity contribution is 6.31. The molecule has 1 N–H and O–H groups in total. The second-order valence-corrected chi connectivity index (χ2v) is 7.49. The summed E-state index contributed by atoms with van der Waals surface area (Å²) in [6.07, 6.45) is 5.06. The van der Waals surface area contributed by atoms with Crippen molar-refractivity contribution in [3.63, 3.8) is 0 Å². The second-order valence-electron chi connectivity index (χ2n) is 7.06. The molecule has 1 saturated carbocycles. The molecule has 1 aliphatic heterocycles. The van der Waals surface area contributed by atoms with Gasteiger partial charge in [0.25, 0.3) is 5.91 Å². The SMILES string of the molecule is O=C(CCN1CCN(C(=O)c2cc(Cl)ccc2F)CC1)NC1CCCC1. The molecule has 0 bridgehead atoms. The van der Waals surface area contributed by atoms with E-state index in [2.05, 4.69) is 10.2 Å². The van der Waals surface area contributed by atoms with E-state index in [-0.39, 0.29) is 17.4 Å². The molecule has 0 aromatic heterocycles. The van der Waals surface area contributed by atoms with Crippen molar-refractivity contribution < 1.29 is 14.0 Å². The van der Waals surface area contributed by atoms with Crippen LogP contribution in [0.2, 0.25) is 5.02 Å². The lowest BCUT2D eigenvalue weighted by molar-refractivity contribution is -0.122. The zero-order valence-corrected chi connectivity index (χ0v) is 15.6. The van der Waals surface area contributed by atoms with Crippen molar-refractivity contribution in [1.29, 1.82) is 0 Å². The van der Waals surface area contributed by atoms with Gasteiger partial charge in [-0.15, -0.1) is 0 Å². The minimum Gasteiger partial charge on any atom is -0.353 e. The van der Waals surface area contributed by atoms with E-state index in [1.165, 1.54) is 31.0 Å². The number of benzene rings is 1. The maximum atomic E-state index is 13.9. The Kier molecular flexibility index (Phi) is 6.48. The van der Waals surface area contributed by atoms with Gasteiger partial charge in [-0.1, -0.05) is 24.4 Å². The fourth-order valence-electron chi connectivity index (χ4n) is 3.64. The summed E-state index contributed by atoms with van der Waals surface area (Å²) in [6, 6.07) is 4.38. The molecule has 3 rings (SSSR count). The minimum atomic E-state index is -0.551. The molecule has 0 radical (unpaired) electrons. The van der Waals surface area contributed by atoms with Crippen molar-refractivity contribution >= 4 is 23.4 Å². The average molecular weight is 382 g/mol. The molecule has 5 nitrogen and oxygen atoms in total. The van der Waals surface area contributed by atoms with Crippen LogP contribution in [0.3, 0.4) is 0 Å². The summed E-state index contributed by atoms with van der Waals surface area (Å²) in [7, 11) is 0. The highest BCUT2D eigenvalue weighted by atomic mass is 35.5. The normalized spacial score (nSPS) is 18.9. The number of carbonyl (C=O) groups is 2. The summed E-state index contributed by atoms with van der Waals surface area (Å²) < 4.78 is 13.9. The fourth-order valence-corrected chi connectivity index (χ4v) is 3.81. The van der Waals surface area contributed by atoms with E-state index in [0.717, 1.165) is 12.8 Å². The number of amides is 2. The molecule has 2 amide bonds. The fraction of sp³-hybridized carbons (Fsp3) is 0.579. The average Bonchev–Trinajstić information content (AvgIpc) is 3.15. The van der Waals surface area contributed by atoms with E-state index in [4.69, 9.17) is 11.6 Å². The second kappa shape index (κ2) is 8.82. The van der Waals surface area contributed by atoms with Gasteiger partial charge in [0.1, 0.15) is 5.82 Å². The quantitative estimate of drug-likeness (QED) is 0.853. The largest absolute Gasteiger partial charge is 0.353 e. The third kappa shape index (κ3) is 4.95. The van der Waals surface area contributed by atoms with E-state index in [1.807, 2.05) is 0 Å². The predicted molar refractivity (Wildman–Crippen MR) is 98.8 cm³/mol. The van der Waals surface area contributed by atoms with Gasteiger partial charge in [0.2, 0.25) is 5.91 Å². The summed E-state index contributed by atoms with van der Waals surface area (Å²) in [5.41, 5.74) is 0.0156. The number of halogens is 2. The molecule has 7 heteroatoms. The molecule has 1 aromatic rings.